The van der Waals surface area contributed by atoms with Crippen molar-refractivity contribution >= 4 is 22.8 Å². The van der Waals surface area contributed by atoms with Gasteiger partial charge in [0.05, 0.1) is 17.1 Å². The van der Waals surface area contributed by atoms with Gasteiger partial charge in [-0.1, -0.05) is 19.9 Å². The molecule has 0 saturated carbocycles. The summed E-state index contributed by atoms with van der Waals surface area (Å²) in [5, 5.41) is 3.84. The molecule has 1 aliphatic rings. The molecule has 21 heavy (non-hydrogen) atoms. The molecular formula is C17H25N3S. The molecule has 3 nitrogen and oxygen atoms in total. The summed E-state index contributed by atoms with van der Waals surface area (Å²) in [6.07, 6.45) is 2.54. The predicted octanol–water partition coefficient (Wildman–Crippen LogP) is 4.05. The van der Waals surface area contributed by atoms with Gasteiger partial charge in [-0.25, -0.2) is 4.98 Å². The zero-order chi connectivity index (χ0) is 14.8. The van der Waals surface area contributed by atoms with Crippen LogP contribution >= 0.6 is 11.8 Å². The Bertz CT molecular complexity index is 599. The lowest BCUT2D eigenvalue weighted by Crippen LogP contribution is -2.38. The van der Waals surface area contributed by atoms with E-state index >= 15 is 0 Å². The van der Waals surface area contributed by atoms with Gasteiger partial charge in [-0.2, -0.15) is 11.8 Å². The van der Waals surface area contributed by atoms with Gasteiger partial charge in [0.1, 0.15) is 5.82 Å². The summed E-state index contributed by atoms with van der Waals surface area (Å²) in [6.45, 7) is 6.67. The fourth-order valence-electron chi connectivity index (χ4n) is 3.00. The normalized spacial score (nSPS) is 18.5. The lowest BCUT2D eigenvalue weighted by atomic mass is 10.0. The number of rotatable bonds is 4. The molecule has 0 spiro atoms. The number of aryl methyl sites for hydroxylation is 1. The minimum atomic E-state index is 0.311. The lowest BCUT2D eigenvalue weighted by molar-refractivity contribution is 0.336. The first-order chi connectivity index (χ1) is 10.1. The van der Waals surface area contributed by atoms with E-state index in [9.17, 15) is 0 Å². The van der Waals surface area contributed by atoms with E-state index in [4.69, 9.17) is 4.98 Å². The Morgan fingerprint density at radius 1 is 1.29 bits per heavy atom. The summed E-state index contributed by atoms with van der Waals surface area (Å²) >= 11 is 2.07. The number of nitrogens with zero attached hydrogens (tertiary/aromatic N) is 1. The number of imidazole rings is 1. The van der Waals surface area contributed by atoms with Gasteiger partial charge < -0.3 is 10.3 Å². The van der Waals surface area contributed by atoms with E-state index in [-0.39, 0.29) is 0 Å². The van der Waals surface area contributed by atoms with E-state index < -0.39 is 0 Å². The summed E-state index contributed by atoms with van der Waals surface area (Å²) in [4.78, 5) is 8.35. The van der Waals surface area contributed by atoms with Crippen LogP contribution in [0.15, 0.2) is 18.2 Å². The molecule has 1 aliphatic heterocycles. The van der Waals surface area contributed by atoms with Crippen molar-refractivity contribution in [3.63, 3.8) is 0 Å². The highest BCUT2D eigenvalue weighted by Crippen LogP contribution is 2.26. The molecule has 0 amide bonds. The molecule has 4 heteroatoms. The first-order valence-electron chi connectivity index (χ1n) is 7.93. The third-order valence-corrected chi connectivity index (χ3v) is 5.30. The molecule has 0 aliphatic carbocycles. The van der Waals surface area contributed by atoms with Gasteiger partial charge in [-0.15, -0.1) is 0 Å². The number of aromatic nitrogens is 2. The highest BCUT2D eigenvalue weighted by Gasteiger charge is 2.24. The molecule has 0 radical (unpaired) electrons. The Kier molecular flexibility index (Phi) is 4.55. The van der Waals surface area contributed by atoms with Crippen molar-refractivity contribution < 1.29 is 0 Å². The van der Waals surface area contributed by atoms with Crippen LogP contribution in [0.5, 0.6) is 0 Å². The van der Waals surface area contributed by atoms with Crippen LogP contribution in [-0.2, 0) is 0 Å². The molecule has 1 atom stereocenters. The van der Waals surface area contributed by atoms with Crippen molar-refractivity contribution in [2.24, 2.45) is 5.92 Å². The average Bonchev–Trinajstić information content (AvgIpc) is 2.88. The number of fused-ring (bicyclic) bond motifs is 1. The molecule has 0 unspecified atom stereocenters. The van der Waals surface area contributed by atoms with E-state index in [1.165, 1.54) is 29.9 Å². The van der Waals surface area contributed by atoms with Crippen LogP contribution in [0.1, 0.15) is 44.1 Å². The standard InChI is InChI=1S/C17H25N3S/c1-11(2)16(18-13-6-8-21-9-7-13)17-19-14-5-4-12(3)10-15(14)20-17/h4-5,10-11,13,16,18H,6-9H2,1-3H3,(H,19,20)/t16-/m0/s1. The second kappa shape index (κ2) is 6.41. The number of hydrogen-bond donors (Lipinski definition) is 2. The van der Waals surface area contributed by atoms with E-state index in [0.29, 0.717) is 18.0 Å². The minimum absolute atomic E-state index is 0.311. The van der Waals surface area contributed by atoms with E-state index in [2.05, 4.69) is 61.0 Å². The van der Waals surface area contributed by atoms with Gasteiger partial charge >= 0.3 is 0 Å². The fourth-order valence-corrected chi connectivity index (χ4v) is 4.10. The third-order valence-electron chi connectivity index (χ3n) is 4.25. The molecule has 1 fully saturated rings. The van der Waals surface area contributed by atoms with Gasteiger partial charge in [-0.05, 0) is 54.9 Å². The Balaban J connectivity index is 1.84. The molecule has 1 aromatic heterocycles. The summed E-state index contributed by atoms with van der Waals surface area (Å²) < 4.78 is 0. The highest BCUT2D eigenvalue weighted by molar-refractivity contribution is 7.99. The molecule has 2 heterocycles. The molecule has 114 valence electrons. The van der Waals surface area contributed by atoms with Crippen LogP contribution in [0.4, 0.5) is 0 Å². The molecular weight excluding hydrogens is 278 g/mol. The maximum Gasteiger partial charge on any atom is 0.124 e. The summed E-state index contributed by atoms with van der Waals surface area (Å²) in [5.74, 6) is 4.17. The largest absolute Gasteiger partial charge is 0.341 e. The monoisotopic (exact) mass is 303 g/mol. The second-order valence-corrected chi connectivity index (χ2v) is 7.64. The van der Waals surface area contributed by atoms with Gasteiger partial charge in [0.15, 0.2) is 0 Å². The SMILES string of the molecule is Cc1ccc2nc([C@@H](NC3CCSCC3)C(C)C)[nH]c2c1. The second-order valence-electron chi connectivity index (χ2n) is 6.42. The predicted molar refractivity (Wildman–Crippen MR) is 91.9 cm³/mol. The van der Waals surface area contributed by atoms with Crippen molar-refractivity contribution in [1.29, 1.82) is 0 Å². The number of nitrogens with one attached hydrogen (secondary N) is 2. The van der Waals surface area contributed by atoms with E-state index in [1.54, 1.807) is 0 Å². The molecule has 1 aromatic carbocycles. The Morgan fingerprint density at radius 2 is 2.05 bits per heavy atom. The first-order valence-corrected chi connectivity index (χ1v) is 9.09. The number of thioether (sulfide) groups is 1. The summed E-state index contributed by atoms with van der Waals surface area (Å²) in [6, 6.07) is 7.36. The van der Waals surface area contributed by atoms with Crippen molar-refractivity contribution in [3.05, 3.63) is 29.6 Å². The van der Waals surface area contributed by atoms with Gasteiger partial charge in [0.2, 0.25) is 0 Å². The molecule has 3 rings (SSSR count). The van der Waals surface area contributed by atoms with Gasteiger partial charge in [0.25, 0.3) is 0 Å². The molecule has 2 aromatic rings. The third kappa shape index (κ3) is 3.43. The molecule has 2 N–H and O–H groups in total. The average molecular weight is 303 g/mol. The quantitative estimate of drug-likeness (QED) is 0.895. The summed E-state index contributed by atoms with van der Waals surface area (Å²) in [5.41, 5.74) is 3.50. The first kappa shape index (κ1) is 14.9. The Morgan fingerprint density at radius 3 is 2.76 bits per heavy atom. The Hall–Kier alpha value is -1.00. The highest BCUT2D eigenvalue weighted by atomic mass is 32.2. The topological polar surface area (TPSA) is 40.7 Å². The van der Waals surface area contributed by atoms with Crippen LogP contribution in [0, 0.1) is 12.8 Å². The number of benzene rings is 1. The van der Waals surface area contributed by atoms with Crippen LogP contribution in [-0.4, -0.2) is 27.5 Å². The summed E-state index contributed by atoms with van der Waals surface area (Å²) in [7, 11) is 0. The molecule has 0 bridgehead atoms. The molecule has 1 saturated heterocycles. The van der Waals surface area contributed by atoms with Crippen LogP contribution in [0.2, 0.25) is 0 Å². The van der Waals surface area contributed by atoms with Gasteiger partial charge in [-0.3, -0.25) is 0 Å². The number of aromatic amines is 1. The lowest BCUT2D eigenvalue weighted by Gasteiger charge is -2.29. The smallest absolute Gasteiger partial charge is 0.124 e. The Labute approximate surface area is 131 Å². The zero-order valence-electron chi connectivity index (χ0n) is 13.1. The zero-order valence-corrected chi connectivity index (χ0v) is 14.0. The fraction of sp³-hybridized carbons (Fsp3) is 0.588. The maximum absolute atomic E-state index is 4.82. The van der Waals surface area contributed by atoms with Crippen molar-refractivity contribution in [1.82, 2.24) is 15.3 Å². The van der Waals surface area contributed by atoms with Crippen LogP contribution in [0.3, 0.4) is 0 Å². The van der Waals surface area contributed by atoms with Crippen molar-refractivity contribution in [2.45, 2.75) is 45.7 Å². The minimum Gasteiger partial charge on any atom is -0.341 e. The maximum atomic E-state index is 4.82. The van der Waals surface area contributed by atoms with E-state index in [0.717, 1.165) is 16.9 Å². The van der Waals surface area contributed by atoms with Crippen LogP contribution in [0.25, 0.3) is 11.0 Å². The number of hydrogen-bond acceptors (Lipinski definition) is 3. The van der Waals surface area contributed by atoms with Crippen molar-refractivity contribution in [3.8, 4) is 0 Å². The van der Waals surface area contributed by atoms with E-state index in [1.807, 2.05) is 0 Å². The number of H-pyrrole nitrogens is 1. The van der Waals surface area contributed by atoms with Crippen molar-refractivity contribution in [2.75, 3.05) is 11.5 Å². The van der Waals surface area contributed by atoms with Crippen LogP contribution < -0.4 is 5.32 Å². The van der Waals surface area contributed by atoms with Gasteiger partial charge in [0, 0.05) is 6.04 Å².